The molecule has 0 unspecified atom stereocenters. The van der Waals surface area contributed by atoms with Gasteiger partial charge in [0, 0.05) is 12.3 Å². The molecule has 0 atom stereocenters. The maximum atomic E-state index is 13.2. The van der Waals surface area contributed by atoms with Crippen LogP contribution >= 0.6 is 0 Å². The summed E-state index contributed by atoms with van der Waals surface area (Å²) in [5, 5.41) is 0. The van der Waals surface area contributed by atoms with Crippen molar-refractivity contribution in [2.75, 3.05) is 6.26 Å². The number of sulfonamides is 1. The normalized spacial score (nSPS) is 16.6. The molecular weight excluding hydrogens is 362 g/mol. The van der Waals surface area contributed by atoms with E-state index in [9.17, 15) is 16.8 Å². The highest BCUT2D eigenvalue weighted by Gasteiger charge is 2.34. The minimum atomic E-state index is -3.83. The standard InChI is InChI=1S/C17H21NO5S2/c1-24(19,20)16-9-4-10-17(12-16)25(21,22)18(14-6-2-3-7-14)13-15-8-5-11-23-15/h4-5,8-12,14H,2-3,6-7,13H2,1H3. The molecule has 1 aliphatic carbocycles. The lowest BCUT2D eigenvalue weighted by atomic mass is 10.2. The monoisotopic (exact) mass is 383 g/mol. The van der Waals surface area contributed by atoms with Gasteiger partial charge in [0.05, 0.1) is 22.6 Å². The van der Waals surface area contributed by atoms with E-state index in [1.165, 1.54) is 34.8 Å². The van der Waals surface area contributed by atoms with Gasteiger partial charge >= 0.3 is 0 Å². The van der Waals surface area contributed by atoms with Crippen LogP contribution in [0, 0.1) is 0 Å². The van der Waals surface area contributed by atoms with Crippen LogP contribution in [-0.2, 0) is 26.4 Å². The zero-order valence-electron chi connectivity index (χ0n) is 14.0. The number of hydrogen-bond acceptors (Lipinski definition) is 5. The first-order valence-corrected chi connectivity index (χ1v) is 11.5. The molecule has 1 aliphatic rings. The Kier molecular flexibility index (Phi) is 5.04. The Labute approximate surface area is 148 Å². The third-order valence-corrected chi connectivity index (χ3v) is 7.47. The van der Waals surface area contributed by atoms with Gasteiger partial charge in [0.1, 0.15) is 5.76 Å². The van der Waals surface area contributed by atoms with Crippen LogP contribution in [0.3, 0.4) is 0 Å². The van der Waals surface area contributed by atoms with Crippen LogP contribution in [0.1, 0.15) is 31.4 Å². The van der Waals surface area contributed by atoms with Gasteiger partial charge in [0.2, 0.25) is 10.0 Å². The predicted molar refractivity (Wildman–Crippen MR) is 93.2 cm³/mol. The molecule has 0 amide bonds. The van der Waals surface area contributed by atoms with Gasteiger partial charge in [-0.05, 0) is 43.2 Å². The van der Waals surface area contributed by atoms with E-state index in [-0.39, 0.29) is 22.4 Å². The van der Waals surface area contributed by atoms with E-state index < -0.39 is 19.9 Å². The Hall–Kier alpha value is -1.64. The first kappa shape index (κ1) is 18.2. The molecule has 3 rings (SSSR count). The molecule has 1 aromatic heterocycles. The van der Waals surface area contributed by atoms with Gasteiger partial charge < -0.3 is 4.42 Å². The van der Waals surface area contributed by atoms with E-state index in [1.54, 1.807) is 12.1 Å². The van der Waals surface area contributed by atoms with Crippen molar-refractivity contribution in [3.05, 3.63) is 48.4 Å². The molecule has 136 valence electrons. The van der Waals surface area contributed by atoms with Crippen molar-refractivity contribution in [3.63, 3.8) is 0 Å². The maximum Gasteiger partial charge on any atom is 0.243 e. The largest absolute Gasteiger partial charge is 0.468 e. The lowest BCUT2D eigenvalue weighted by Crippen LogP contribution is -2.38. The number of rotatable bonds is 6. The van der Waals surface area contributed by atoms with Crippen LogP contribution in [0.25, 0.3) is 0 Å². The zero-order chi connectivity index (χ0) is 18.1. The molecule has 0 N–H and O–H groups in total. The summed E-state index contributed by atoms with van der Waals surface area (Å²) in [7, 11) is -7.32. The van der Waals surface area contributed by atoms with Gasteiger partial charge in [0.15, 0.2) is 9.84 Å². The summed E-state index contributed by atoms with van der Waals surface area (Å²) in [6.45, 7) is 0.142. The molecular formula is C17H21NO5S2. The van der Waals surface area contributed by atoms with E-state index in [2.05, 4.69) is 0 Å². The summed E-state index contributed by atoms with van der Waals surface area (Å²) >= 11 is 0. The van der Waals surface area contributed by atoms with Gasteiger partial charge in [-0.15, -0.1) is 0 Å². The van der Waals surface area contributed by atoms with Crippen LogP contribution in [0.2, 0.25) is 0 Å². The molecule has 1 fully saturated rings. The third kappa shape index (κ3) is 3.96. The Bertz CT molecular complexity index is 927. The highest BCUT2D eigenvalue weighted by Crippen LogP contribution is 2.31. The second-order valence-corrected chi connectivity index (χ2v) is 10.2. The van der Waals surface area contributed by atoms with E-state index in [4.69, 9.17) is 4.42 Å². The Morgan fingerprint density at radius 1 is 1.04 bits per heavy atom. The van der Waals surface area contributed by atoms with Crippen molar-refractivity contribution >= 4 is 19.9 Å². The van der Waals surface area contributed by atoms with E-state index in [1.807, 2.05) is 0 Å². The summed E-state index contributed by atoms with van der Waals surface area (Å²) in [6, 6.07) is 8.90. The first-order valence-electron chi connectivity index (χ1n) is 8.13. The fourth-order valence-corrected chi connectivity index (χ4v) is 5.60. The molecule has 0 radical (unpaired) electrons. The van der Waals surface area contributed by atoms with Crippen molar-refractivity contribution in [1.29, 1.82) is 0 Å². The summed E-state index contributed by atoms with van der Waals surface area (Å²) in [5.41, 5.74) is 0. The van der Waals surface area contributed by atoms with Gasteiger partial charge in [-0.1, -0.05) is 18.9 Å². The van der Waals surface area contributed by atoms with Gasteiger partial charge in [-0.25, -0.2) is 16.8 Å². The lowest BCUT2D eigenvalue weighted by Gasteiger charge is -2.27. The molecule has 1 saturated carbocycles. The van der Waals surface area contributed by atoms with Gasteiger partial charge in [0.25, 0.3) is 0 Å². The number of furan rings is 1. The van der Waals surface area contributed by atoms with E-state index in [0.717, 1.165) is 31.9 Å². The number of hydrogen-bond donors (Lipinski definition) is 0. The molecule has 1 aromatic carbocycles. The molecule has 1 heterocycles. The topological polar surface area (TPSA) is 84.7 Å². The molecule has 25 heavy (non-hydrogen) atoms. The van der Waals surface area contributed by atoms with Crippen molar-refractivity contribution in [1.82, 2.24) is 4.31 Å². The molecule has 0 aliphatic heterocycles. The average Bonchev–Trinajstić information content (AvgIpc) is 3.25. The number of benzene rings is 1. The fourth-order valence-electron chi connectivity index (χ4n) is 3.16. The predicted octanol–water partition coefficient (Wildman–Crippen LogP) is 2.82. The molecule has 0 saturated heterocycles. The Morgan fingerprint density at radius 2 is 1.72 bits per heavy atom. The molecule has 8 heteroatoms. The quantitative estimate of drug-likeness (QED) is 0.766. The van der Waals surface area contributed by atoms with Crippen LogP contribution in [0.5, 0.6) is 0 Å². The average molecular weight is 383 g/mol. The van der Waals surface area contributed by atoms with Gasteiger partial charge in [-0.3, -0.25) is 0 Å². The van der Waals surface area contributed by atoms with Crippen LogP contribution < -0.4 is 0 Å². The molecule has 0 bridgehead atoms. The van der Waals surface area contributed by atoms with Gasteiger partial charge in [-0.2, -0.15) is 4.31 Å². The summed E-state index contributed by atoms with van der Waals surface area (Å²) in [4.78, 5) is -0.00757. The SMILES string of the molecule is CS(=O)(=O)c1cccc(S(=O)(=O)N(Cc2ccco2)C2CCCC2)c1. The molecule has 6 nitrogen and oxygen atoms in total. The number of sulfone groups is 1. The highest BCUT2D eigenvalue weighted by atomic mass is 32.2. The molecule has 0 spiro atoms. The second-order valence-electron chi connectivity index (χ2n) is 6.31. The minimum Gasteiger partial charge on any atom is -0.468 e. The van der Waals surface area contributed by atoms with E-state index >= 15 is 0 Å². The minimum absolute atomic E-state index is 0.00190. The smallest absolute Gasteiger partial charge is 0.243 e. The van der Waals surface area contributed by atoms with Crippen molar-refractivity contribution in [2.24, 2.45) is 0 Å². The first-order chi connectivity index (χ1) is 11.8. The van der Waals surface area contributed by atoms with Crippen LogP contribution in [0.15, 0.2) is 56.9 Å². The zero-order valence-corrected chi connectivity index (χ0v) is 15.6. The van der Waals surface area contributed by atoms with Crippen molar-refractivity contribution in [3.8, 4) is 0 Å². The fraction of sp³-hybridized carbons (Fsp3) is 0.412. The lowest BCUT2D eigenvalue weighted by molar-refractivity contribution is 0.292. The summed E-state index contributed by atoms with van der Waals surface area (Å²) in [5.74, 6) is 0.565. The second kappa shape index (κ2) is 6.93. The molecule has 2 aromatic rings. The van der Waals surface area contributed by atoms with Crippen molar-refractivity contribution in [2.45, 2.75) is 48.1 Å². The number of nitrogens with zero attached hydrogens (tertiary/aromatic N) is 1. The van der Waals surface area contributed by atoms with Crippen LogP contribution in [0.4, 0.5) is 0 Å². The van der Waals surface area contributed by atoms with Crippen LogP contribution in [-0.4, -0.2) is 33.4 Å². The Morgan fingerprint density at radius 3 is 2.32 bits per heavy atom. The van der Waals surface area contributed by atoms with Crippen molar-refractivity contribution < 1.29 is 21.3 Å². The summed E-state index contributed by atoms with van der Waals surface area (Å²) < 4.78 is 56.7. The third-order valence-electron chi connectivity index (χ3n) is 4.46. The summed E-state index contributed by atoms with van der Waals surface area (Å²) in [6.07, 6.45) is 6.14. The highest BCUT2D eigenvalue weighted by molar-refractivity contribution is 7.91. The maximum absolute atomic E-state index is 13.2. The Balaban J connectivity index is 2.01. The van der Waals surface area contributed by atoms with E-state index in [0.29, 0.717) is 5.76 Å².